The van der Waals surface area contributed by atoms with E-state index in [-0.39, 0.29) is 12.3 Å². The number of nitrogens with one attached hydrogen (secondary N) is 3. The maximum absolute atomic E-state index is 12.3. The quantitative estimate of drug-likeness (QED) is 0.610. The molecule has 7 nitrogen and oxygen atoms in total. The van der Waals surface area contributed by atoms with Gasteiger partial charge in [-0.2, -0.15) is 0 Å². The molecular formula is C13H20N4O3. The predicted molar refractivity (Wildman–Crippen MR) is 72.1 cm³/mol. The van der Waals surface area contributed by atoms with Crippen molar-refractivity contribution in [1.29, 1.82) is 0 Å². The van der Waals surface area contributed by atoms with E-state index in [2.05, 4.69) is 20.6 Å². The number of H-pyrrole nitrogens is 1. The van der Waals surface area contributed by atoms with Gasteiger partial charge in [-0.15, -0.1) is 0 Å². The molecular weight excluding hydrogens is 260 g/mol. The average Bonchev–Trinajstić information content (AvgIpc) is 2.91. The minimum atomic E-state index is -1.05. The number of aromatic amines is 1. The van der Waals surface area contributed by atoms with Crippen molar-refractivity contribution in [2.24, 2.45) is 0 Å². The van der Waals surface area contributed by atoms with E-state index in [9.17, 15) is 14.7 Å². The van der Waals surface area contributed by atoms with E-state index in [1.54, 1.807) is 6.20 Å². The molecule has 1 aliphatic heterocycles. The van der Waals surface area contributed by atoms with Crippen molar-refractivity contribution >= 4 is 11.9 Å². The minimum Gasteiger partial charge on any atom is -0.480 e. The Morgan fingerprint density at radius 1 is 1.55 bits per heavy atom. The third kappa shape index (κ3) is 3.36. The predicted octanol–water partition coefficient (Wildman–Crippen LogP) is 0.0538. The van der Waals surface area contributed by atoms with Gasteiger partial charge in [0.2, 0.25) is 5.91 Å². The standard InChI is InChI=1S/C13H20N4O3/c1-13(4-2-3-5-16-13)12(20)17-10(11(18)19)6-9-7-14-8-15-9/h7-8,10,16H,2-6H2,1H3,(H,14,15)(H,17,20)(H,18,19)/t10-,13?/m0/s1. The van der Waals surface area contributed by atoms with E-state index in [0.717, 1.165) is 25.8 Å². The number of hydrogen-bond donors (Lipinski definition) is 4. The fourth-order valence-electron chi connectivity index (χ4n) is 2.38. The summed E-state index contributed by atoms with van der Waals surface area (Å²) in [5, 5.41) is 15.0. The molecule has 1 unspecified atom stereocenters. The molecule has 1 aromatic rings. The summed E-state index contributed by atoms with van der Waals surface area (Å²) < 4.78 is 0. The molecule has 1 amide bonds. The summed E-state index contributed by atoms with van der Waals surface area (Å²) in [4.78, 5) is 30.3. The van der Waals surface area contributed by atoms with E-state index in [4.69, 9.17) is 0 Å². The van der Waals surface area contributed by atoms with Crippen molar-refractivity contribution in [1.82, 2.24) is 20.6 Å². The molecule has 0 aromatic carbocycles. The highest BCUT2D eigenvalue weighted by atomic mass is 16.4. The van der Waals surface area contributed by atoms with Crippen molar-refractivity contribution in [3.8, 4) is 0 Å². The number of piperidine rings is 1. The van der Waals surface area contributed by atoms with E-state index < -0.39 is 17.6 Å². The molecule has 20 heavy (non-hydrogen) atoms. The summed E-state index contributed by atoms with van der Waals surface area (Å²) in [6, 6.07) is -0.955. The van der Waals surface area contributed by atoms with Crippen LogP contribution in [0.2, 0.25) is 0 Å². The second-order valence-corrected chi connectivity index (χ2v) is 5.36. The monoisotopic (exact) mass is 280 g/mol. The first-order valence-electron chi connectivity index (χ1n) is 6.77. The minimum absolute atomic E-state index is 0.192. The van der Waals surface area contributed by atoms with Gasteiger partial charge in [0.1, 0.15) is 6.04 Å². The van der Waals surface area contributed by atoms with Crippen LogP contribution in [0.1, 0.15) is 31.9 Å². The van der Waals surface area contributed by atoms with Gasteiger partial charge in [-0.3, -0.25) is 4.79 Å². The van der Waals surface area contributed by atoms with Crippen LogP contribution < -0.4 is 10.6 Å². The normalized spacial score (nSPS) is 24.1. The van der Waals surface area contributed by atoms with Crippen molar-refractivity contribution in [3.63, 3.8) is 0 Å². The Hall–Kier alpha value is -1.89. The number of hydrogen-bond acceptors (Lipinski definition) is 4. The van der Waals surface area contributed by atoms with Crippen LogP contribution in [-0.4, -0.2) is 45.1 Å². The van der Waals surface area contributed by atoms with E-state index in [0.29, 0.717) is 5.69 Å². The molecule has 7 heteroatoms. The van der Waals surface area contributed by atoms with Crippen LogP contribution in [0, 0.1) is 0 Å². The highest BCUT2D eigenvalue weighted by Crippen LogP contribution is 2.19. The van der Waals surface area contributed by atoms with Gasteiger partial charge in [-0.1, -0.05) is 0 Å². The Bertz CT molecular complexity index is 466. The number of aromatic nitrogens is 2. The summed E-state index contributed by atoms with van der Waals surface area (Å²) in [7, 11) is 0. The van der Waals surface area contributed by atoms with Crippen LogP contribution in [0.25, 0.3) is 0 Å². The van der Waals surface area contributed by atoms with Gasteiger partial charge in [-0.25, -0.2) is 9.78 Å². The van der Waals surface area contributed by atoms with Crippen LogP contribution in [0.4, 0.5) is 0 Å². The van der Waals surface area contributed by atoms with Gasteiger partial charge in [0.05, 0.1) is 11.9 Å². The molecule has 1 fully saturated rings. The SMILES string of the molecule is CC1(C(=O)N[C@@H](Cc2cnc[nH]2)C(=O)O)CCCCN1. The van der Waals surface area contributed by atoms with Crippen LogP contribution in [0.3, 0.4) is 0 Å². The lowest BCUT2D eigenvalue weighted by molar-refractivity contribution is -0.143. The third-order valence-electron chi connectivity index (χ3n) is 3.70. The summed E-state index contributed by atoms with van der Waals surface area (Å²) in [5.41, 5.74) is -0.000567. The zero-order valence-corrected chi connectivity index (χ0v) is 11.5. The summed E-state index contributed by atoms with van der Waals surface area (Å²) >= 11 is 0. The average molecular weight is 280 g/mol. The number of carboxylic acids is 1. The first kappa shape index (κ1) is 14.5. The molecule has 0 saturated carbocycles. The topological polar surface area (TPSA) is 107 Å². The Morgan fingerprint density at radius 2 is 2.35 bits per heavy atom. The lowest BCUT2D eigenvalue weighted by Gasteiger charge is -2.34. The Balaban J connectivity index is 2.00. The van der Waals surface area contributed by atoms with Crippen molar-refractivity contribution in [2.45, 2.75) is 44.2 Å². The first-order valence-corrected chi connectivity index (χ1v) is 6.77. The number of rotatable bonds is 5. The lowest BCUT2D eigenvalue weighted by Crippen LogP contribution is -2.59. The van der Waals surface area contributed by atoms with Gasteiger partial charge in [-0.05, 0) is 32.7 Å². The fraction of sp³-hybridized carbons (Fsp3) is 0.615. The zero-order chi connectivity index (χ0) is 14.6. The molecule has 1 aromatic heterocycles. The number of imidazole rings is 1. The van der Waals surface area contributed by atoms with E-state index in [1.165, 1.54) is 6.33 Å². The molecule has 2 atom stereocenters. The van der Waals surface area contributed by atoms with Crippen LogP contribution in [0.5, 0.6) is 0 Å². The van der Waals surface area contributed by atoms with Crippen molar-refractivity contribution < 1.29 is 14.7 Å². The number of carboxylic acid groups (broad SMARTS) is 1. The number of nitrogens with zero attached hydrogens (tertiary/aromatic N) is 1. The molecule has 4 N–H and O–H groups in total. The maximum Gasteiger partial charge on any atom is 0.326 e. The van der Waals surface area contributed by atoms with Crippen molar-refractivity contribution in [3.05, 3.63) is 18.2 Å². The first-order chi connectivity index (χ1) is 9.51. The Labute approximate surface area is 117 Å². The van der Waals surface area contributed by atoms with Crippen LogP contribution in [0.15, 0.2) is 12.5 Å². The Morgan fingerprint density at radius 3 is 2.90 bits per heavy atom. The molecule has 2 heterocycles. The molecule has 1 aliphatic rings. The molecule has 0 spiro atoms. The number of amides is 1. The second-order valence-electron chi connectivity index (χ2n) is 5.36. The fourth-order valence-corrected chi connectivity index (χ4v) is 2.38. The van der Waals surface area contributed by atoms with Crippen molar-refractivity contribution in [2.75, 3.05) is 6.54 Å². The summed E-state index contributed by atoms with van der Waals surface area (Å²) in [6.07, 6.45) is 5.96. The van der Waals surface area contributed by atoms with Gasteiger partial charge in [0.15, 0.2) is 0 Å². The number of carbonyl (C=O) groups excluding carboxylic acids is 1. The molecule has 110 valence electrons. The molecule has 2 rings (SSSR count). The second kappa shape index (κ2) is 6.04. The number of carbonyl (C=O) groups is 2. The summed E-state index contributed by atoms with van der Waals surface area (Å²) in [5.74, 6) is -1.31. The van der Waals surface area contributed by atoms with E-state index in [1.807, 2.05) is 6.92 Å². The van der Waals surface area contributed by atoms with Gasteiger partial charge < -0.3 is 20.7 Å². The van der Waals surface area contributed by atoms with Gasteiger partial charge >= 0.3 is 5.97 Å². The maximum atomic E-state index is 12.3. The largest absolute Gasteiger partial charge is 0.480 e. The molecule has 1 saturated heterocycles. The highest BCUT2D eigenvalue weighted by molar-refractivity contribution is 5.90. The third-order valence-corrected chi connectivity index (χ3v) is 3.70. The van der Waals surface area contributed by atoms with Crippen LogP contribution in [-0.2, 0) is 16.0 Å². The van der Waals surface area contributed by atoms with Gasteiger partial charge in [0.25, 0.3) is 0 Å². The van der Waals surface area contributed by atoms with Gasteiger partial charge in [0, 0.05) is 18.3 Å². The molecule has 0 bridgehead atoms. The number of aliphatic carboxylic acids is 1. The van der Waals surface area contributed by atoms with E-state index >= 15 is 0 Å². The molecule has 0 radical (unpaired) electrons. The zero-order valence-electron chi connectivity index (χ0n) is 11.5. The van der Waals surface area contributed by atoms with Crippen LogP contribution >= 0.6 is 0 Å². The smallest absolute Gasteiger partial charge is 0.326 e. The molecule has 0 aliphatic carbocycles. The Kier molecular flexibility index (Phi) is 4.39. The summed E-state index contributed by atoms with van der Waals surface area (Å²) in [6.45, 7) is 2.60. The highest BCUT2D eigenvalue weighted by Gasteiger charge is 2.36. The lowest BCUT2D eigenvalue weighted by atomic mass is 9.89.